The van der Waals surface area contributed by atoms with Crippen molar-refractivity contribution < 1.29 is 14.4 Å². The number of carbonyl (C=O) groups excluding carboxylic acids is 3. The highest BCUT2D eigenvalue weighted by Crippen LogP contribution is 2.37. The summed E-state index contributed by atoms with van der Waals surface area (Å²) in [7, 11) is 1.73. The molecule has 5 nitrogen and oxygen atoms in total. The van der Waals surface area contributed by atoms with Crippen LogP contribution in [0.1, 0.15) is 35.3 Å². The third-order valence-electron chi connectivity index (χ3n) is 4.60. The quantitative estimate of drug-likeness (QED) is 0.873. The van der Waals surface area contributed by atoms with E-state index in [1.54, 1.807) is 36.2 Å². The van der Waals surface area contributed by atoms with Crippen molar-refractivity contribution in [3.8, 4) is 0 Å². The largest absolute Gasteiger partial charge is 0.338 e. The minimum atomic E-state index is -0.471. The summed E-state index contributed by atoms with van der Waals surface area (Å²) in [6, 6.07) is 16.1. The predicted octanol–water partition coefficient (Wildman–Crippen LogP) is 3.05. The fraction of sp³-hybridized carbons (Fsp3) is 0.250. The van der Waals surface area contributed by atoms with Crippen LogP contribution in [0.25, 0.3) is 0 Å². The Hall–Kier alpha value is -2.95. The Bertz CT molecular complexity index is 817. The molecule has 0 aromatic heterocycles. The van der Waals surface area contributed by atoms with Crippen LogP contribution >= 0.6 is 0 Å². The topological polar surface area (TPSA) is 66.5 Å². The second kappa shape index (κ2) is 6.89. The Morgan fingerprint density at radius 1 is 1.08 bits per heavy atom. The van der Waals surface area contributed by atoms with E-state index >= 15 is 0 Å². The first-order valence-electron chi connectivity index (χ1n) is 8.20. The van der Waals surface area contributed by atoms with Gasteiger partial charge in [0.25, 0.3) is 0 Å². The number of benzene rings is 2. The molecule has 2 aromatic rings. The third kappa shape index (κ3) is 3.45. The lowest BCUT2D eigenvalue weighted by Gasteiger charge is -2.25. The molecule has 5 heteroatoms. The van der Waals surface area contributed by atoms with E-state index in [1.165, 1.54) is 6.92 Å². The number of nitrogens with one attached hydrogen (secondary N) is 1. The van der Waals surface area contributed by atoms with Gasteiger partial charge in [0.05, 0.1) is 12.0 Å². The molecule has 0 spiro atoms. The standard InChI is InChI=1S/C20H20N2O3/c1-13(23)15-9-6-10-16(11-15)21-20(25)17-12-18(24)22(2)19(17)14-7-4-3-5-8-14/h3-11,17,19H,12H2,1-2H3,(H,21,25)/t17-,19-/m0/s1. The number of anilines is 1. The summed E-state index contributed by atoms with van der Waals surface area (Å²) in [5, 5.41) is 2.85. The fourth-order valence-corrected chi connectivity index (χ4v) is 3.26. The molecule has 2 atom stereocenters. The number of hydrogen-bond donors (Lipinski definition) is 1. The lowest BCUT2D eigenvalue weighted by atomic mass is 9.93. The number of carbonyl (C=O) groups is 3. The molecule has 0 saturated carbocycles. The van der Waals surface area contributed by atoms with E-state index < -0.39 is 5.92 Å². The van der Waals surface area contributed by atoms with E-state index in [0.29, 0.717) is 11.3 Å². The molecule has 1 fully saturated rings. The van der Waals surface area contributed by atoms with Crippen molar-refractivity contribution in [2.45, 2.75) is 19.4 Å². The molecule has 1 N–H and O–H groups in total. The van der Waals surface area contributed by atoms with E-state index in [9.17, 15) is 14.4 Å². The molecule has 2 amide bonds. The number of ketones is 1. The van der Waals surface area contributed by atoms with E-state index in [4.69, 9.17) is 0 Å². The molecule has 0 radical (unpaired) electrons. The summed E-state index contributed by atoms with van der Waals surface area (Å²) in [4.78, 5) is 38.1. The maximum absolute atomic E-state index is 12.8. The first-order chi connectivity index (χ1) is 12.0. The smallest absolute Gasteiger partial charge is 0.230 e. The van der Waals surface area contributed by atoms with Crippen molar-refractivity contribution >= 4 is 23.3 Å². The maximum Gasteiger partial charge on any atom is 0.230 e. The second-order valence-corrected chi connectivity index (χ2v) is 6.30. The summed E-state index contributed by atoms with van der Waals surface area (Å²) in [6.45, 7) is 1.48. The molecule has 1 aliphatic rings. The number of likely N-dealkylation sites (tertiary alicyclic amines) is 1. The Morgan fingerprint density at radius 3 is 2.48 bits per heavy atom. The molecule has 1 heterocycles. The zero-order valence-corrected chi connectivity index (χ0v) is 14.2. The van der Waals surface area contributed by atoms with Crippen LogP contribution in [-0.2, 0) is 9.59 Å². The molecule has 1 aliphatic heterocycles. The molecule has 25 heavy (non-hydrogen) atoms. The highest BCUT2D eigenvalue weighted by Gasteiger charge is 2.42. The van der Waals surface area contributed by atoms with Crippen LogP contribution in [0.5, 0.6) is 0 Å². The van der Waals surface area contributed by atoms with Gasteiger partial charge in [-0.15, -0.1) is 0 Å². The summed E-state index contributed by atoms with van der Waals surface area (Å²) >= 11 is 0. The molecule has 3 rings (SSSR count). The van der Waals surface area contributed by atoms with E-state index in [2.05, 4.69) is 5.32 Å². The highest BCUT2D eigenvalue weighted by molar-refractivity contribution is 6.00. The van der Waals surface area contributed by atoms with Crippen molar-refractivity contribution in [1.82, 2.24) is 4.90 Å². The summed E-state index contributed by atoms with van der Waals surface area (Å²) in [6.07, 6.45) is 0.175. The Balaban J connectivity index is 1.84. The van der Waals surface area contributed by atoms with Gasteiger partial charge in [-0.1, -0.05) is 42.5 Å². The number of nitrogens with zero attached hydrogens (tertiary/aromatic N) is 1. The average molecular weight is 336 g/mol. The van der Waals surface area contributed by atoms with Crippen LogP contribution < -0.4 is 5.32 Å². The Labute approximate surface area is 146 Å². The lowest BCUT2D eigenvalue weighted by Crippen LogP contribution is -2.30. The van der Waals surface area contributed by atoms with Gasteiger partial charge in [-0.25, -0.2) is 0 Å². The van der Waals surface area contributed by atoms with Gasteiger partial charge in [-0.3, -0.25) is 14.4 Å². The van der Waals surface area contributed by atoms with Crippen molar-refractivity contribution in [3.05, 3.63) is 65.7 Å². The fourth-order valence-electron chi connectivity index (χ4n) is 3.26. The second-order valence-electron chi connectivity index (χ2n) is 6.30. The summed E-state index contributed by atoms with van der Waals surface area (Å²) in [5.74, 6) is -0.798. The van der Waals surface area contributed by atoms with Gasteiger partial charge < -0.3 is 10.2 Å². The van der Waals surface area contributed by atoms with Gasteiger partial charge >= 0.3 is 0 Å². The monoisotopic (exact) mass is 336 g/mol. The number of Topliss-reactive ketones (excluding diaryl/α,β-unsaturated/α-hetero) is 1. The van der Waals surface area contributed by atoms with Crippen molar-refractivity contribution in [2.75, 3.05) is 12.4 Å². The lowest BCUT2D eigenvalue weighted by molar-refractivity contribution is -0.127. The van der Waals surface area contributed by atoms with Crippen LogP contribution in [0.4, 0.5) is 5.69 Å². The van der Waals surface area contributed by atoms with Crippen LogP contribution in [0.15, 0.2) is 54.6 Å². The third-order valence-corrected chi connectivity index (χ3v) is 4.60. The maximum atomic E-state index is 12.8. The summed E-state index contributed by atoms with van der Waals surface area (Å²) in [5.41, 5.74) is 2.04. The normalized spacial score (nSPS) is 19.8. The molecular weight excluding hydrogens is 316 g/mol. The molecule has 2 aromatic carbocycles. The van der Waals surface area contributed by atoms with Gasteiger partial charge in [-0.05, 0) is 24.6 Å². The summed E-state index contributed by atoms with van der Waals surface area (Å²) < 4.78 is 0. The number of amides is 2. The van der Waals surface area contributed by atoms with Crippen LogP contribution in [-0.4, -0.2) is 29.5 Å². The molecule has 0 unspecified atom stereocenters. The predicted molar refractivity (Wildman–Crippen MR) is 95.1 cm³/mol. The average Bonchev–Trinajstić information content (AvgIpc) is 2.91. The van der Waals surface area contributed by atoms with Gasteiger partial charge in [-0.2, -0.15) is 0 Å². The molecule has 1 saturated heterocycles. The first kappa shape index (κ1) is 16.9. The van der Waals surface area contributed by atoms with Crippen molar-refractivity contribution in [3.63, 3.8) is 0 Å². The van der Waals surface area contributed by atoms with E-state index in [-0.39, 0.29) is 30.1 Å². The van der Waals surface area contributed by atoms with Gasteiger partial charge in [0.15, 0.2) is 5.78 Å². The zero-order chi connectivity index (χ0) is 18.0. The molecule has 0 bridgehead atoms. The van der Waals surface area contributed by atoms with Gasteiger partial charge in [0, 0.05) is 24.7 Å². The van der Waals surface area contributed by atoms with Crippen LogP contribution in [0, 0.1) is 5.92 Å². The first-order valence-corrected chi connectivity index (χ1v) is 8.20. The van der Waals surface area contributed by atoms with E-state index in [1.807, 2.05) is 30.3 Å². The highest BCUT2D eigenvalue weighted by atomic mass is 16.2. The van der Waals surface area contributed by atoms with Crippen molar-refractivity contribution in [1.29, 1.82) is 0 Å². The Morgan fingerprint density at radius 2 is 1.80 bits per heavy atom. The Kier molecular flexibility index (Phi) is 4.65. The molecule has 128 valence electrons. The minimum Gasteiger partial charge on any atom is -0.338 e. The van der Waals surface area contributed by atoms with Crippen molar-refractivity contribution in [2.24, 2.45) is 5.92 Å². The molecular formula is C20H20N2O3. The SMILES string of the molecule is CC(=O)c1cccc(NC(=O)[C@H]2CC(=O)N(C)[C@H]2c2ccccc2)c1. The van der Waals surface area contributed by atoms with Gasteiger partial charge in [0.1, 0.15) is 0 Å². The van der Waals surface area contributed by atoms with E-state index in [0.717, 1.165) is 5.56 Å². The molecule has 0 aliphatic carbocycles. The van der Waals surface area contributed by atoms with Crippen LogP contribution in [0.3, 0.4) is 0 Å². The van der Waals surface area contributed by atoms with Crippen LogP contribution in [0.2, 0.25) is 0 Å². The zero-order valence-electron chi connectivity index (χ0n) is 14.2. The minimum absolute atomic E-state index is 0.0495. The van der Waals surface area contributed by atoms with Gasteiger partial charge in [0.2, 0.25) is 11.8 Å². The number of rotatable bonds is 4. The number of hydrogen-bond acceptors (Lipinski definition) is 3.